The summed E-state index contributed by atoms with van der Waals surface area (Å²) in [4.78, 5) is 12.3. The first-order valence-electron chi connectivity index (χ1n) is 7.19. The number of carbonyl (C=O) groups is 1. The van der Waals surface area contributed by atoms with Crippen molar-refractivity contribution in [1.29, 1.82) is 0 Å². The van der Waals surface area contributed by atoms with E-state index in [1.54, 1.807) is 0 Å². The summed E-state index contributed by atoms with van der Waals surface area (Å²) in [6.45, 7) is 10.7. The van der Waals surface area contributed by atoms with Crippen LogP contribution in [-0.2, 0) is 4.74 Å². The van der Waals surface area contributed by atoms with Gasteiger partial charge in [-0.3, -0.25) is 0 Å². The highest BCUT2D eigenvalue weighted by Crippen LogP contribution is 2.16. The monoisotopic (exact) mass is 302 g/mol. The maximum atomic E-state index is 12.3. The minimum absolute atomic E-state index is 0.269. The molecule has 0 spiro atoms. The largest absolute Gasteiger partial charge is 0.462 e. The van der Waals surface area contributed by atoms with Gasteiger partial charge >= 0.3 is 5.97 Å². The van der Waals surface area contributed by atoms with E-state index in [0.717, 1.165) is 16.7 Å². The van der Waals surface area contributed by atoms with Gasteiger partial charge in [0.05, 0.1) is 23.6 Å². The van der Waals surface area contributed by atoms with Gasteiger partial charge < -0.3 is 4.74 Å². The van der Waals surface area contributed by atoms with Gasteiger partial charge in [-0.1, -0.05) is 37.8 Å². The molecule has 0 bridgehead atoms. The minimum atomic E-state index is -1.78. The Hall–Kier alpha value is -1.88. The molecule has 21 heavy (non-hydrogen) atoms. The van der Waals surface area contributed by atoms with Gasteiger partial charge in [0.1, 0.15) is 8.07 Å². The van der Waals surface area contributed by atoms with Crippen molar-refractivity contribution in [3.8, 4) is 5.69 Å². The quantitative estimate of drug-likeness (QED) is 0.644. The normalized spacial score (nSPS) is 11.5. The summed E-state index contributed by atoms with van der Waals surface area (Å²) in [7, 11) is -1.78. The zero-order valence-electron chi connectivity index (χ0n) is 13.3. The fourth-order valence-corrected chi connectivity index (χ4v) is 4.27. The van der Waals surface area contributed by atoms with E-state index in [-0.39, 0.29) is 5.97 Å². The Morgan fingerprint density at radius 3 is 2.38 bits per heavy atom. The van der Waals surface area contributed by atoms with E-state index in [1.165, 1.54) is 0 Å². The molecule has 5 heteroatoms. The predicted octanol–water partition coefficient (Wildman–Crippen LogP) is 2.90. The molecule has 2 rings (SSSR count). The van der Waals surface area contributed by atoms with Gasteiger partial charge in [0, 0.05) is 5.32 Å². The fourth-order valence-electron chi connectivity index (χ4n) is 2.42. The number of aryl methyl sites for hydroxylation is 1. The fraction of sp³-hybridized carbons (Fsp3) is 0.375. The Kier molecular flexibility index (Phi) is 4.32. The summed E-state index contributed by atoms with van der Waals surface area (Å²) in [6, 6.07) is 9.94. The summed E-state index contributed by atoms with van der Waals surface area (Å²) in [5, 5.41) is 5.62. The number of hydrogen-bond donors (Lipinski definition) is 0. The summed E-state index contributed by atoms with van der Waals surface area (Å²) in [5.74, 6) is -0.269. The van der Waals surface area contributed by atoms with Gasteiger partial charge in [0.2, 0.25) is 0 Å². The molecule has 0 N–H and O–H groups in total. The first-order valence-corrected chi connectivity index (χ1v) is 10.7. The van der Waals surface area contributed by atoms with Crippen molar-refractivity contribution in [3.63, 3.8) is 0 Å². The minimum Gasteiger partial charge on any atom is -0.462 e. The lowest BCUT2D eigenvalue weighted by molar-refractivity contribution is 0.0527. The van der Waals surface area contributed by atoms with Crippen LogP contribution in [0.15, 0.2) is 30.3 Å². The number of aromatic nitrogens is 2. The molecule has 0 fully saturated rings. The van der Waals surface area contributed by atoms with Gasteiger partial charge in [0.15, 0.2) is 0 Å². The van der Waals surface area contributed by atoms with E-state index in [1.807, 2.05) is 48.9 Å². The molecule has 0 aliphatic carbocycles. The SMILES string of the molecule is CCOC(=O)c1c(C)nn(-c2ccccc2)c1[Si](C)(C)C. The van der Waals surface area contributed by atoms with Crippen LogP contribution in [-0.4, -0.2) is 30.4 Å². The summed E-state index contributed by atoms with van der Waals surface area (Å²) < 4.78 is 7.13. The average molecular weight is 302 g/mol. The number of carbonyl (C=O) groups excluding carboxylic acids is 1. The standard InChI is InChI=1S/C16H22N2O2Si/c1-6-20-16(19)14-12(2)17-18(15(14)21(3,4)5)13-10-8-7-9-11-13/h7-11H,6H2,1-5H3. The number of benzene rings is 1. The van der Waals surface area contributed by atoms with E-state index in [2.05, 4.69) is 24.7 Å². The molecule has 1 aromatic carbocycles. The Morgan fingerprint density at radius 2 is 1.86 bits per heavy atom. The third-order valence-corrected chi connectivity index (χ3v) is 5.13. The molecule has 1 aromatic heterocycles. The molecule has 0 atom stereocenters. The lowest BCUT2D eigenvalue weighted by atomic mass is 10.2. The summed E-state index contributed by atoms with van der Waals surface area (Å²) in [6.07, 6.45) is 0. The van der Waals surface area contributed by atoms with Gasteiger partial charge in [-0.05, 0) is 26.0 Å². The topological polar surface area (TPSA) is 44.1 Å². The van der Waals surface area contributed by atoms with Gasteiger partial charge in [0.25, 0.3) is 0 Å². The van der Waals surface area contributed by atoms with Crippen molar-refractivity contribution in [2.24, 2.45) is 0 Å². The highest BCUT2D eigenvalue weighted by atomic mass is 28.3. The third kappa shape index (κ3) is 3.08. The molecule has 112 valence electrons. The van der Waals surface area contributed by atoms with Crippen LogP contribution in [0.3, 0.4) is 0 Å². The van der Waals surface area contributed by atoms with Crippen LogP contribution >= 0.6 is 0 Å². The molecule has 0 saturated carbocycles. The number of nitrogens with zero attached hydrogens (tertiary/aromatic N) is 2. The Bertz CT molecular complexity index is 642. The summed E-state index contributed by atoms with van der Waals surface area (Å²) in [5.41, 5.74) is 2.35. The van der Waals surface area contributed by atoms with Crippen molar-refractivity contribution >= 4 is 19.4 Å². The number of para-hydroxylation sites is 1. The van der Waals surface area contributed by atoms with Gasteiger partial charge in [-0.15, -0.1) is 0 Å². The van der Waals surface area contributed by atoms with Crippen LogP contribution < -0.4 is 5.32 Å². The van der Waals surface area contributed by atoms with Crippen molar-refractivity contribution < 1.29 is 9.53 Å². The first kappa shape index (κ1) is 15.5. The number of hydrogen-bond acceptors (Lipinski definition) is 3. The van der Waals surface area contributed by atoms with Crippen molar-refractivity contribution in [2.45, 2.75) is 33.5 Å². The predicted molar refractivity (Wildman–Crippen MR) is 87.2 cm³/mol. The third-order valence-electron chi connectivity index (χ3n) is 3.25. The zero-order valence-corrected chi connectivity index (χ0v) is 14.3. The number of esters is 1. The highest BCUT2D eigenvalue weighted by Gasteiger charge is 2.32. The maximum Gasteiger partial charge on any atom is 0.341 e. The smallest absolute Gasteiger partial charge is 0.341 e. The summed E-state index contributed by atoms with van der Waals surface area (Å²) >= 11 is 0. The Balaban J connectivity index is 2.68. The van der Waals surface area contributed by atoms with Crippen LogP contribution in [0.2, 0.25) is 19.6 Å². The zero-order chi connectivity index (χ0) is 15.6. The van der Waals surface area contributed by atoms with Crippen molar-refractivity contribution in [2.75, 3.05) is 6.61 Å². The van der Waals surface area contributed by atoms with Crippen LogP contribution in [0, 0.1) is 6.92 Å². The van der Waals surface area contributed by atoms with Gasteiger partial charge in [-0.2, -0.15) is 5.10 Å². The van der Waals surface area contributed by atoms with Gasteiger partial charge in [-0.25, -0.2) is 9.48 Å². The van der Waals surface area contributed by atoms with Crippen LogP contribution in [0.25, 0.3) is 5.69 Å². The van der Waals surface area contributed by atoms with Crippen molar-refractivity contribution in [1.82, 2.24) is 9.78 Å². The molecule has 0 aliphatic heterocycles. The van der Waals surface area contributed by atoms with Crippen LogP contribution in [0.5, 0.6) is 0 Å². The molecule has 0 radical (unpaired) electrons. The van der Waals surface area contributed by atoms with Crippen LogP contribution in [0.1, 0.15) is 23.0 Å². The first-order chi connectivity index (χ1) is 9.86. The van der Waals surface area contributed by atoms with E-state index < -0.39 is 8.07 Å². The lowest BCUT2D eigenvalue weighted by Crippen LogP contribution is -2.45. The van der Waals surface area contributed by atoms with E-state index >= 15 is 0 Å². The molecule has 2 aromatic rings. The van der Waals surface area contributed by atoms with E-state index in [4.69, 9.17) is 4.74 Å². The molecular formula is C16H22N2O2Si. The maximum absolute atomic E-state index is 12.3. The highest BCUT2D eigenvalue weighted by molar-refractivity contribution is 6.89. The van der Waals surface area contributed by atoms with Crippen molar-refractivity contribution in [3.05, 3.63) is 41.6 Å². The lowest BCUT2D eigenvalue weighted by Gasteiger charge is -2.20. The molecular weight excluding hydrogens is 280 g/mol. The molecule has 0 aliphatic rings. The Labute approximate surface area is 126 Å². The molecule has 0 amide bonds. The number of ether oxygens (including phenoxy) is 1. The van der Waals surface area contributed by atoms with Crippen LogP contribution in [0.4, 0.5) is 0 Å². The van der Waals surface area contributed by atoms with E-state index in [9.17, 15) is 4.79 Å². The second-order valence-corrected chi connectivity index (χ2v) is 11.0. The molecule has 0 saturated heterocycles. The Morgan fingerprint density at radius 1 is 1.24 bits per heavy atom. The van der Waals surface area contributed by atoms with E-state index in [0.29, 0.717) is 12.2 Å². The second-order valence-electron chi connectivity index (χ2n) is 6.03. The average Bonchev–Trinajstić information content (AvgIpc) is 2.78. The second kappa shape index (κ2) is 5.85. The molecule has 0 unspecified atom stereocenters. The molecule has 1 heterocycles. The number of rotatable bonds is 4. The molecule has 4 nitrogen and oxygen atoms in total.